The number of halogens is 4. The van der Waals surface area contributed by atoms with Crippen LogP contribution in [0, 0.1) is 0 Å². The second kappa shape index (κ2) is 4.72. The quantitative estimate of drug-likeness (QED) is 0.876. The van der Waals surface area contributed by atoms with E-state index in [1.165, 1.54) is 12.1 Å². The lowest BCUT2D eigenvalue weighted by Gasteiger charge is -2.11. The van der Waals surface area contributed by atoms with E-state index >= 15 is 0 Å². The second-order valence-electron chi connectivity index (χ2n) is 2.84. The van der Waals surface area contributed by atoms with Crippen molar-refractivity contribution in [1.29, 1.82) is 0 Å². The van der Waals surface area contributed by atoms with Gasteiger partial charge < -0.3 is 10.1 Å². The molecular weight excluding hydrogens is 231 g/mol. The number of hydrogen-bond acceptors (Lipinski definition) is 2. The first-order valence-corrected chi connectivity index (χ1v) is 4.49. The molecule has 0 heterocycles. The Morgan fingerprint density at radius 1 is 1.40 bits per heavy atom. The van der Waals surface area contributed by atoms with Crippen LogP contribution in [-0.4, -0.2) is 13.4 Å². The van der Waals surface area contributed by atoms with Gasteiger partial charge in [0.05, 0.1) is 5.02 Å². The van der Waals surface area contributed by atoms with Gasteiger partial charge in [0.15, 0.2) is 0 Å². The van der Waals surface area contributed by atoms with Crippen LogP contribution in [-0.2, 0) is 6.54 Å². The fourth-order valence-electron chi connectivity index (χ4n) is 1.06. The molecule has 1 N–H and O–H groups in total. The van der Waals surface area contributed by atoms with Crippen molar-refractivity contribution < 1.29 is 17.9 Å². The normalized spacial score (nSPS) is 11.5. The highest BCUT2D eigenvalue weighted by Crippen LogP contribution is 2.30. The van der Waals surface area contributed by atoms with Crippen molar-refractivity contribution in [2.45, 2.75) is 12.9 Å². The summed E-state index contributed by atoms with van der Waals surface area (Å²) in [5.41, 5.74) is 0.668. The Morgan fingerprint density at radius 2 is 2.07 bits per heavy atom. The Hall–Kier alpha value is -0.940. The lowest BCUT2D eigenvalue weighted by molar-refractivity contribution is -0.274. The molecule has 0 amide bonds. The van der Waals surface area contributed by atoms with Crippen molar-refractivity contribution in [3.05, 3.63) is 28.8 Å². The van der Waals surface area contributed by atoms with Crippen molar-refractivity contribution in [3.8, 4) is 5.75 Å². The minimum Gasteiger partial charge on any atom is -0.404 e. The predicted octanol–water partition coefficient (Wildman–Crippen LogP) is 2.96. The maximum atomic E-state index is 11.9. The third-order valence-corrected chi connectivity index (χ3v) is 1.91. The lowest BCUT2D eigenvalue weighted by atomic mass is 10.2. The summed E-state index contributed by atoms with van der Waals surface area (Å²) in [5, 5.41) is 2.75. The molecule has 0 saturated carbocycles. The van der Waals surface area contributed by atoms with Crippen LogP contribution in [0.2, 0.25) is 5.02 Å². The molecule has 0 aromatic heterocycles. The highest BCUT2D eigenvalue weighted by molar-refractivity contribution is 6.32. The molecule has 0 saturated heterocycles. The van der Waals surface area contributed by atoms with Gasteiger partial charge in [0, 0.05) is 6.54 Å². The molecule has 0 aliphatic heterocycles. The maximum Gasteiger partial charge on any atom is 0.573 e. The molecule has 0 spiro atoms. The minimum atomic E-state index is -4.72. The summed E-state index contributed by atoms with van der Waals surface area (Å²) in [5.74, 6) is -0.378. The number of nitrogens with one attached hydrogen (secondary N) is 1. The third-order valence-electron chi connectivity index (χ3n) is 1.60. The minimum absolute atomic E-state index is 0.0628. The van der Waals surface area contributed by atoms with Gasteiger partial charge in [-0.1, -0.05) is 17.7 Å². The Labute approximate surface area is 90.0 Å². The molecule has 6 heteroatoms. The van der Waals surface area contributed by atoms with Crippen LogP contribution in [0.25, 0.3) is 0 Å². The van der Waals surface area contributed by atoms with E-state index in [9.17, 15) is 13.2 Å². The van der Waals surface area contributed by atoms with Crippen LogP contribution in [0.3, 0.4) is 0 Å². The van der Waals surface area contributed by atoms with E-state index in [1.807, 2.05) is 0 Å². The van der Waals surface area contributed by atoms with Gasteiger partial charge >= 0.3 is 6.36 Å². The van der Waals surface area contributed by atoms with Crippen LogP contribution < -0.4 is 10.1 Å². The monoisotopic (exact) mass is 239 g/mol. The zero-order chi connectivity index (χ0) is 11.5. The van der Waals surface area contributed by atoms with Crippen LogP contribution in [0.15, 0.2) is 18.2 Å². The molecule has 1 aromatic carbocycles. The molecule has 84 valence electrons. The molecule has 0 aliphatic rings. The average Bonchev–Trinajstić information content (AvgIpc) is 2.09. The third kappa shape index (κ3) is 3.97. The zero-order valence-corrected chi connectivity index (χ0v) is 8.62. The van der Waals surface area contributed by atoms with Crippen molar-refractivity contribution in [3.63, 3.8) is 0 Å². The Balaban J connectivity index is 2.90. The van der Waals surface area contributed by atoms with Crippen LogP contribution >= 0.6 is 11.6 Å². The Bertz CT molecular complexity index is 341. The molecule has 2 nitrogen and oxygen atoms in total. The van der Waals surface area contributed by atoms with Crippen LogP contribution in [0.5, 0.6) is 5.75 Å². The lowest BCUT2D eigenvalue weighted by Crippen LogP contribution is -2.17. The summed E-state index contributed by atoms with van der Waals surface area (Å²) < 4.78 is 39.6. The highest BCUT2D eigenvalue weighted by Gasteiger charge is 2.32. The fourth-order valence-corrected chi connectivity index (χ4v) is 1.22. The van der Waals surface area contributed by atoms with E-state index < -0.39 is 6.36 Å². The van der Waals surface area contributed by atoms with E-state index in [1.54, 1.807) is 13.1 Å². The number of ether oxygens (including phenoxy) is 1. The number of hydrogen-bond donors (Lipinski definition) is 1. The standard InChI is InChI=1S/C9H9ClF3NO/c1-14-5-6-2-3-7(10)8(4-6)15-9(11,12)13/h2-4,14H,5H2,1H3. The van der Waals surface area contributed by atoms with Gasteiger partial charge in [-0.05, 0) is 24.7 Å². The van der Waals surface area contributed by atoms with Crippen molar-refractivity contribution in [2.75, 3.05) is 7.05 Å². The fraction of sp³-hybridized carbons (Fsp3) is 0.333. The van der Waals surface area contributed by atoms with Crippen LogP contribution in [0.1, 0.15) is 5.56 Å². The van der Waals surface area contributed by atoms with Crippen molar-refractivity contribution in [1.82, 2.24) is 5.32 Å². The van der Waals surface area contributed by atoms with Gasteiger partial charge in [0.25, 0.3) is 0 Å². The van der Waals surface area contributed by atoms with Crippen molar-refractivity contribution >= 4 is 11.6 Å². The summed E-state index contributed by atoms with van der Waals surface area (Å²) in [6.45, 7) is 0.450. The Morgan fingerprint density at radius 3 is 2.60 bits per heavy atom. The molecule has 0 aliphatic carbocycles. The van der Waals surface area contributed by atoms with Gasteiger partial charge in [-0.25, -0.2) is 0 Å². The molecule has 1 rings (SSSR count). The van der Waals surface area contributed by atoms with E-state index in [0.29, 0.717) is 12.1 Å². The van der Waals surface area contributed by atoms with Gasteiger partial charge in [0.1, 0.15) is 5.75 Å². The molecule has 0 bridgehead atoms. The number of alkyl halides is 3. The topological polar surface area (TPSA) is 21.3 Å². The first-order valence-electron chi connectivity index (χ1n) is 4.11. The first kappa shape index (κ1) is 12.1. The molecule has 15 heavy (non-hydrogen) atoms. The maximum absolute atomic E-state index is 11.9. The van der Waals surface area contributed by atoms with E-state index in [2.05, 4.69) is 10.1 Å². The van der Waals surface area contributed by atoms with E-state index in [4.69, 9.17) is 11.6 Å². The predicted molar refractivity (Wildman–Crippen MR) is 50.9 cm³/mol. The van der Waals surface area contributed by atoms with E-state index in [-0.39, 0.29) is 10.8 Å². The molecular formula is C9H9ClF3NO. The smallest absolute Gasteiger partial charge is 0.404 e. The SMILES string of the molecule is CNCc1ccc(Cl)c(OC(F)(F)F)c1. The molecule has 0 unspecified atom stereocenters. The summed E-state index contributed by atoms with van der Waals surface area (Å²) in [4.78, 5) is 0. The zero-order valence-electron chi connectivity index (χ0n) is 7.86. The average molecular weight is 240 g/mol. The first-order chi connectivity index (χ1) is 6.92. The second-order valence-corrected chi connectivity index (χ2v) is 3.25. The molecule has 0 atom stereocenters. The molecule has 0 fully saturated rings. The summed E-state index contributed by atoms with van der Waals surface area (Å²) in [6.07, 6.45) is -4.72. The molecule has 1 aromatic rings. The highest BCUT2D eigenvalue weighted by atomic mass is 35.5. The summed E-state index contributed by atoms with van der Waals surface area (Å²) >= 11 is 5.56. The summed E-state index contributed by atoms with van der Waals surface area (Å²) in [6, 6.07) is 4.25. The van der Waals surface area contributed by atoms with Gasteiger partial charge in [-0.2, -0.15) is 0 Å². The Kier molecular flexibility index (Phi) is 3.82. The van der Waals surface area contributed by atoms with Gasteiger partial charge in [-0.15, -0.1) is 13.2 Å². The largest absolute Gasteiger partial charge is 0.573 e. The summed E-state index contributed by atoms with van der Waals surface area (Å²) in [7, 11) is 1.69. The van der Waals surface area contributed by atoms with Gasteiger partial charge in [0.2, 0.25) is 0 Å². The van der Waals surface area contributed by atoms with E-state index in [0.717, 1.165) is 0 Å². The van der Waals surface area contributed by atoms with Gasteiger partial charge in [-0.3, -0.25) is 0 Å². The molecule has 0 radical (unpaired) electrons. The van der Waals surface area contributed by atoms with Crippen molar-refractivity contribution in [2.24, 2.45) is 0 Å². The number of benzene rings is 1. The number of rotatable bonds is 3. The van der Waals surface area contributed by atoms with Crippen LogP contribution in [0.4, 0.5) is 13.2 Å².